The number of anilines is 6. The number of fused-ring (bicyclic) bond motifs is 7. The molecular weight excluding hydrogens is 872 g/mol. The molecular formula is C64H65BN2S2. The predicted molar refractivity (Wildman–Crippen MR) is 306 cm³/mol. The Balaban J connectivity index is 1.30. The molecule has 11 rings (SSSR count). The van der Waals surface area contributed by atoms with Crippen LogP contribution in [0.4, 0.5) is 34.1 Å². The van der Waals surface area contributed by atoms with Crippen LogP contribution in [-0.4, -0.2) is 6.71 Å². The molecule has 0 aliphatic carbocycles. The Kier molecular flexibility index (Phi) is 10.4. The number of rotatable bonds is 4. The lowest BCUT2D eigenvalue weighted by Gasteiger charge is -2.45. The van der Waals surface area contributed by atoms with E-state index in [4.69, 9.17) is 0 Å². The van der Waals surface area contributed by atoms with Crippen LogP contribution in [0.15, 0.2) is 139 Å². The highest BCUT2D eigenvalue weighted by Gasteiger charge is 2.47. The third kappa shape index (κ3) is 7.49. The molecule has 0 saturated heterocycles. The van der Waals surface area contributed by atoms with Crippen LogP contribution in [0.3, 0.4) is 0 Å². The Morgan fingerprint density at radius 3 is 1.68 bits per heavy atom. The van der Waals surface area contributed by atoms with Crippen molar-refractivity contribution in [2.75, 3.05) is 9.80 Å². The lowest BCUT2D eigenvalue weighted by molar-refractivity contribution is 0.589. The molecule has 0 saturated carbocycles. The molecule has 2 aliphatic rings. The summed E-state index contributed by atoms with van der Waals surface area (Å²) in [7, 11) is 0. The van der Waals surface area contributed by atoms with Gasteiger partial charge in [0.15, 0.2) is 0 Å². The van der Waals surface area contributed by atoms with Crippen molar-refractivity contribution >= 4 is 99.4 Å². The summed E-state index contributed by atoms with van der Waals surface area (Å²) in [5.74, 6) is 0. The highest BCUT2D eigenvalue weighted by molar-refractivity contribution is 7.33. The van der Waals surface area contributed by atoms with Gasteiger partial charge in [-0.1, -0.05) is 168 Å². The molecule has 0 N–H and O–H groups in total. The second-order valence-corrected chi connectivity index (χ2v) is 26.0. The van der Waals surface area contributed by atoms with E-state index in [2.05, 4.69) is 246 Å². The molecule has 7 aromatic carbocycles. The molecule has 346 valence electrons. The number of hydrogen-bond acceptors (Lipinski definition) is 4. The van der Waals surface area contributed by atoms with Gasteiger partial charge in [0.05, 0.1) is 17.1 Å². The fourth-order valence-electron chi connectivity index (χ4n) is 11.0. The van der Waals surface area contributed by atoms with Crippen LogP contribution < -0.4 is 25.5 Å². The van der Waals surface area contributed by atoms with Crippen LogP contribution in [0.2, 0.25) is 0 Å². The molecule has 0 unspecified atom stereocenters. The highest BCUT2D eigenvalue weighted by atomic mass is 32.1. The Morgan fingerprint density at radius 1 is 0.420 bits per heavy atom. The molecule has 0 atom stereocenters. The van der Waals surface area contributed by atoms with Crippen LogP contribution in [-0.2, 0) is 21.7 Å². The molecule has 5 heteroatoms. The average Bonchev–Trinajstić information content (AvgIpc) is 3.90. The summed E-state index contributed by atoms with van der Waals surface area (Å²) in [4.78, 5) is 5.39. The van der Waals surface area contributed by atoms with Crippen LogP contribution in [0, 0.1) is 13.8 Å². The smallest absolute Gasteiger partial charge is 0.264 e. The third-order valence-corrected chi connectivity index (χ3v) is 17.1. The van der Waals surface area contributed by atoms with Crippen molar-refractivity contribution in [3.8, 4) is 22.3 Å². The van der Waals surface area contributed by atoms with Crippen molar-refractivity contribution < 1.29 is 0 Å². The van der Waals surface area contributed by atoms with E-state index in [1.807, 2.05) is 22.7 Å². The molecule has 2 aliphatic heterocycles. The van der Waals surface area contributed by atoms with Crippen molar-refractivity contribution in [2.45, 2.75) is 119 Å². The van der Waals surface area contributed by atoms with E-state index in [-0.39, 0.29) is 28.4 Å². The lowest BCUT2D eigenvalue weighted by Crippen LogP contribution is -2.60. The standard InChI is InChI=1S/C64H65BN2S2/c1-38-30-44(63(9,10)11)31-39(2)58(38)67-54-36-45(64(12,13)14)35-53-57(54)65(60-59(67)48-34-43(62(6,7)8)26-29-56(48)69-60)50-27-24-41(49-37-68-55-23-19-18-22-46(49)55)32-52(50)66(53)51-28-25-42(61(3,4)5)33-47(51)40-20-16-15-17-21-40/h15-37H,1-14H3. The summed E-state index contributed by atoms with van der Waals surface area (Å²) < 4.78 is 4.06. The Labute approximate surface area is 419 Å². The summed E-state index contributed by atoms with van der Waals surface area (Å²) in [6.07, 6.45) is 0. The second kappa shape index (κ2) is 15.8. The largest absolute Gasteiger partial charge is 0.311 e. The minimum Gasteiger partial charge on any atom is -0.311 e. The summed E-state index contributed by atoms with van der Waals surface area (Å²) in [5.41, 5.74) is 23.1. The Bertz CT molecular complexity index is 3500. The van der Waals surface area contributed by atoms with Crippen molar-refractivity contribution in [1.29, 1.82) is 0 Å². The first kappa shape index (κ1) is 45.6. The first-order valence-corrected chi connectivity index (χ1v) is 26.6. The summed E-state index contributed by atoms with van der Waals surface area (Å²) in [6, 6.07) is 52.0. The average molecular weight is 937 g/mol. The number of benzene rings is 7. The monoisotopic (exact) mass is 936 g/mol. The zero-order chi connectivity index (χ0) is 48.7. The normalized spacial score (nSPS) is 13.9. The number of hydrogen-bond donors (Lipinski definition) is 0. The van der Waals surface area contributed by atoms with Gasteiger partial charge in [-0.25, -0.2) is 0 Å². The molecule has 0 fully saturated rings. The van der Waals surface area contributed by atoms with Gasteiger partial charge in [0, 0.05) is 53.1 Å². The number of nitrogens with zero attached hydrogens (tertiary/aromatic N) is 2. The molecule has 0 amide bonds. The molecule has 0 spiro atoms. The van der Waals surface area contributed by atoms with Crippen molar-refractivity contribution in [1.82, 2.24) is 0 Å². The second-order valence-electron chi connectivity index (χ2n) is 24.0. The van der Waals surface area contributed by atoms with Crippen molar-refractivity contribution in [3.63, 3.8) is 0 Å². The fraction of sp³-hybridized carbons (Fsp3) is 0.281. The van der Waals surface area contributed by atoms with E-state index in [9.17, 15) is 0 Å². The van der Waals surface area contributed by atoms with Gasteiger partial charge in [0.1, 0.15) is 0 Å². The molecule has 0 bridgehead atoms. The van der Waals surface area contributed by atoms with E-state index in [0.29, 0.717) is 0 Å². The minimum atomic E-state index is -0.148. The predicted octanol–water partition coefficient (Wildman–Crippen LogP) is 17.3. The van der Waals surface area contributed by atoms with E-state index in [1.165, 1.54) is 126 Å². The Hall–Kier alpha value is -5.88. The van der Waals surface area contributed by atoms with Gasteiger partial charge in [0.2, 0.25) is 0 Å². The van der Waals surface area contributed by atoms with Crippen molar-refractivity contribution in [3.05, 3.63) is 172 Å². The molecule has 4 heterocycles. The minimum absolute atomic E-state index is 0.00759. The first-order chi connectivity index (χ1) is 32.6. The molecule has 9 aromatic rings. The van der Waals surface area contributed by atoms with Gasteiger partial charge >= 0.3 is 0 Å². The quantitative estimate of drug-likeness (QED) is 0.162. The van der Waals surface area contributed by atoms with E-state index in [1.54, 1.807) is 0 Å². The first-order valence-electron chi connectivity index (χ1n) is 24.9. The maximum Gasteiger partial charge on any atom is 0.264 e. The third-order valence-electron chi connectivity index (χ3n) is 15.0. The van der Waals surface area contributed by atoms with E-state index < -0.39 is 0 Å². The summed E-state index contributed by atoms with van der Waals surface area (Å²) in [6.45, 7) is 32.9. The summed E-state index contributed by atoms with van der Waals surface area (Å²) in [5, 5.41) is 5.01. The molecule has 2 aromatic heterocycles. The zero-order valence-corrected chi connectivity index (χ0v) is 44.7. The van der Waals surface area contributed by atoms with Crippen LogP contribution >= 0.6 is 22.7 Å². The maximum absolute atomic E-state index is 2.72. The highest BCUT2D eigenvalue weighted by Crippen LogP contribution is 2.53. The van der Waals surface area contributed by atoms with Crippen LogP contribution in [0.5, 0.6) is 0 Å². The maximum atomic E-state index is 2.72. The summed E-state index contributed by atoms with van der Waals surface area (Å²) >= 11 is 3.83. The van der Waals surface area contributed by atoms with E-state index in [0.717, 1.165) is 0 Å². The van der Waals surface area contributed by atoms with E-state index >= 15 is 0 Å². The Morgan fingerprint density at radius 2 is 1.01 bits per heavy atom. The molecule has 2 nitrogen and oxygen atoms in total. The van der Waals surface area contributed by atoms with Gasteiger partial charge in [-0.2, -0.15) is 0 Å². The van der Waals surface area contributed by atoms with Gasteiger partial charge in [0.25, 0.3) is 6.71 Å². The molecule has 69 heavy (non-hydrogen) atoms. The fourth-order valence-corrected chi connectivity index (χ4v) is 13.3. The van der Waals surface area contributed by atoms with Gasteiger partial charge in [-0.05, 0) is 145 Å². The lowest BCUT2D eigenvalue weighted by atomic mass is 9.36. The topological polar surface area (TPSA) is 6.48 Å². The zero-order valence-electron chi connectivity index (χ0n) is 43.1. The van der Waals surface area contributed by atoms with Gasteiger partial charge in [-0.3, -0.25) is 0 Å². The van der Waals surface area contributed by atoms with Gasteiger partial charge in [-0.15, -0.1) is 22.7 Å². The van der Waals surface area contributed by atoms with Crippen LogP contribution in [0.25, 0.3) is 42.4 Å². The van der Waals surface area contributed by atoms with Crippen LogP contribution in [0.1, 0.15) is 116 Å². The number of aryl methyl sites for hydroxylation is 2. The SMILES string of the molecule is Cc1cc(C(C)(C)C)cc(C)c1N1c2cc(C(C)(C)C)cc3c2B(c2ccc(-c4csc5ccccc45)cc2N3c2ccc(C(C)(C)C)cc2-c2ccccc2)c2sc3ccc(C(C)(C)C)cc3c21. The number of thiophene rings is 2. The van der Waals surface area contributed by atoms with Gasteiger partial charge < -0.3 is 9.80 Å². The molecule has 0 radical (unpaired) electrons. The van der Waals surface area contributed by atoms with Crippen molar-refractivity contribution in [2.24, 2.45) is 0 Å².